The lowest BCUT2D eigenvalue weighted by Gasteiger charge is -2.00. The predicted molar refractivity (Wildman–Crippen MR) is 68.8 cm³/mol. The fourth-order valence-electron chi connectivity index (χ4n) is 1.83. The van der Waals surface area contributed by atoms with E-state index in [1.807, 2.05) is 19.1 Å². The van der Waals surface area contributed by atoms with Crippen molar-refractivity contribution >= 4 is 22.9 Å². The zero-order chi connectivity index (χ0) is 11.8. The fraction of sp³-hybridized carbons (Fsp3) is 0.333. The van der Waals surface area contributed by atoms with Gasteiger partial charge >= 0.3 is 0 Å². The number of halogens is 1. The van der Waals surface area contributed by atoms with Gasteiger partial charge in [-0.25, -0.2) is 0 Å². The summed E-state index contributed by atoms with van der Waals surface area (Å²) in [6.07, 6.45) is 0.973. The van der Waals surface area contributed by atoms with E-state index in [2.05, 4.69) is 16.3 Å². The Morgan fingerprint density at radius 1 is 1.41 bits per heavy atom. The summed E-state index contributed by atoms with van der Waals surface area (Å²) in [5.74, 6) is 0.990. The standard InChI is InChI=1S/C12H11ClN2OS/c1-7(13)11-14-15-12(17-11)9-2-3-10-8(6-9)4-5-16-10/h2-3,6-7H,4-5H2,1H3. The molecule has 0 saturated carbocycles. The molecule has 0 saturated heterocycles. The second-order valence-corrected chi connectivity index (χ2v) is 5.65. The molecule has 0 aliphatic carbocycles. The Morgan fingerprint density at radius 3 is 3.06 bits per heavy atom. The van der Waals surface area contributed by atoms with Crippen molar-refractivity contribution in [2.45, 2.75) is 18.7 Å². The number of benzene rings is 1. The van der Waals surface area contributed by atoms with Crippen molar-refractivity contribution in [3.63, 3.8) is 0 Å². The van der Waals surface area contributed by atoms with E-state index in [1.165, 1.54) is 5.56 Å². The normalized spacial score (nSPS) is 15.4. The van der Waals surface area contributed by atoms with Gasteiger partial charge in [-0.05, 0) is 30.7 Å². The lowest BCUT2D eigenvalue weighted by Crippen LogP contribution is -1.85. The Kier molecular flexibility index (Phi) is 2.76. The van der Waals surface area contributed by atoms with Crippen LogP contribution in [0, 0.1) is 0 Å². The third kappa shape index (κ3) is 2.03. The van der Waals surface area contributed by atoms with Crippen LogP contribution in [0.5, 0.6) is 5.75 Å². The quantitative estimate of drug-likeness (QED) is 0.781. The summed E-state index contributed by atoms with van der Waals surface area (Å²) in [6, 6.07) is 6.15. The Morgan fingerprint density at radius 2 is 2.29 bits per heavy atom. The molecular weight excluding hydrogens is 256 g/mol. The minimum Gasteiger partial charge on any atom is -0.493 e. The summed E-state index contributed by atoms with van der Waals surface area (Å²) in [5, 5.41) is 9.96. The van der Waals surface area contributed by atoms with Crippen LogP contribution in [-0.2, 0) is 6.42 Å². The van der Waals surface area contributed by atoms with Gasteiger partial charge in [0.1, 0.15) is 15.8 Å². The predicted octanol–water partition coefficient (Wildman–Crippen LogP) is 3.44. The minimum absolute atomic E-state index is 0.0842. The van der Waals surface area contributed by atoms with Crippen molar-refractivity contribution in [3.8, 4) is 16.3 Å². The van der Waals surface area contributed by atoms with Crippen molar-refractivity contribution in [1.82, 2.24) is 10.2 Å². The average Bonchev–Trinajstić information content (AvgIpc) is 2.97. The maximum Gasteiger partial charge on any atom is 0.147 e. The van der Waals surface area contributed by atoms with Gasteiger partial charge in [-0.2, -0.15) is 0 Å². The first kappa shape index (κ1) is 11.0. The first-order chi connectivity index (χ1) is 8.24. The average molecular weight is 267 g/mol. The number of hydrogen-bond acceptors (Lipinski definition) is 4. The summed E-state index contributed by atoms with van der Waals surface area (Å²) in [7, 11) is 0. The number of alkyl halides is 1. The summed E-state index contributed by atoms with van der Waals surface area (Å²) in [6.45, 7) is 2.68. The molecule has 1 aliphatic heterocycles. The molecule has 1 aromatic heterocycles. The van der Waals surface area contributed by atoms with Crippen LogP contribution in [0.15, 0.2) is 18.2 Å². The van der Waals surface area contributed by atoms with Gasteiger partial charge in [0, 0.05) is 12.0 Å². The van der Waals surface area contributed by atoms with Gasteiger partial charge in [-0.15, -0.1) is 21.8 Å². The van der Waals surface area contributed by atoms with Crippen LogP contribution in [0.1, 0.15) is 22.9 Å². The first-order valence-corrected chi connectivity index (χ1v) is 6.73. The molecular formula is C12H11ClN2OS. The van der Waals surface area contributed by atoms with E-state index >= 15 is 0 Å². The van der Waals surface area contributed by atoms with Gasteiger partial charge in [0.25, 0.3) is 0 Å². The smallest absolute Gasteiger partial charge is 0.147 e. The Labute approximate surface area is 108 Å². The molecule has 1 aromatic carbocycles. The number of ether oxygens (including phenoxy) is 1. The molecule has 17 heavy (non-hydrogen) atoms. The van der Waals surface area contributed by atoms with Gasteiger partial charge in [0.05, 0.1) is 12.0 Å². The van der Waals surface area contributed by atoms with Gasteiger partial charge in [0.15, 0.2) is 0 Å². The van der Waals surface area contributed by atoms with Crippen LogP contribution in [0.25, 0.3) is 10.6 Å². The van der Waals surface area contributed by atoms with Gasteiger partial charge < -0.3 is 4.74 Å². The summed E-state index contributed by atoms with van der Waals surface area (Å²) >= 11 is 7.53. The SMILES string of the molecule is CC(Cl)c1nnc(-c2ccc3c(c2)CCO3)s1. The molecule has 0 bridgehead atoms. The van der Waals surface area contributed by atoms with Crippen molar-refractivity contribution in [1.29, 1.82) is 0 Å². The van der Waals surface area contributed by atoms with Crippen molar-refractivity contribution in [3.05, 3.63) is 28.8 Å². The number of aromatic nitrogens is 2. The fourth-order valence-corrected chi connectivity index (χ4v) is 2.78. The molecule has 5 heteroatoms. The van der Waals surface area contributed by atoms with E-state index in [4.69, 9.17) is 16.3 Å². The van der Waals surface area contributed by atoms with Gasteiger partial charge in [0.2, 0.25) is 0 Å². The highest BCUT2D eigenvalue weighted by Crippen LogP contribution is 2.33. The number of hydrogen-bond donors (Lipinski definition) is 0. The van der Waals surface area contributed by atoms with Crippen LogP contribution in [0.3, 0.4) is 0 Å². The molecule has 0 fully saturated rings. The lowest BCUT2D eigenvalue weighted by atomic mass is 10.1. The largest absolute Gasteiger partial charge is 0.493 e. The van der Waals surface area contributed by atoms with E-state index in [1.54, 1.807) is 11.3 Å². The highest BCUT2D eigenvalue weighted by molar-refractivity contribution is 7.15. The third-order valence-corrected chi connectivity index (χ3v) is 4.21. The zero-order valence-corrected chi connectivity index (χ0v) is 10.9. The number of nitrogens with zero attached hydrogens (tertiary/aromatic N) is 2. The molecule has 1 unspecified atom stereocenters. The molecule has 88 valence electrons. The molecule has 0 N–H and O–H groups in total. The number of rotatable bonds is 2. The van der Waals surface area contributed by atoms with Crippen LogP contribution < -0.4 is 4.74 Å². The first-order valence-electron chi connectivity index (χ1n) is 5.47. The molecule has 3 nitrogen and oxygen atoms in total. The van der Waals surface area contributed by atoms with Crippen LogP contribution in [-0.4, -0.2) is 16.8 Å². The monoisotopic (exact) mass is 266 g/mol. The maximum absolute atomic E-state index is 5.99. The van der Waals surface area contributed by atoms with E-state index in [-0.39, 0.29) is 5.38 Å². The van der Waals surface area contributed by atoms with Crippen molar-refractivity contribution in [2.75, 3.05) is 6.61 Å². The van der Waals surface area contributed by atoms with E-state index < -0.39 is 0 Å². The number of fused-ring (bicyclic) bond motifs is 1. The molecule has 0 radical (unpaired) electrons. The van der Waals surface area contributed by atoms with Crippen LogP contribution >= 0.6 is 22.9 Å². The highest BCUT2D eigenvalue weighted by atomic mass is 35.5. The summed E-state index contributed by atoms with van der Waals surface area (Å²) < 4.78 is 5.48. The molecule has 1 atom stereocenters. The molecule has 0 spiro atoms. The zero-order valence-electron chi connectivity index (χ0n) is 9.31. The van der Waals surface area contributed by atoms with E-state index in [0.717, 1.165) is 34.4 Å². The van der Waals surface area contributed by atoms with Crippen LogP contribution in [0.2, 0.25) is 0 Å². The Bertz CT molecular complexity index is 553. The summed E-state index contributed by atoms with van der Waals surface area (Å²) in [4.78, 5) is 0. The second-order valence-electron chi connectivity index (χ2n) is 3.98. The molecule has 0 amide bonds. The Hall–Kier alpha value is -1.13. The maximum atomic E-state index is 5.99. The topological polar surface area (TPSA) is 35.0 Å². The van der Waals surface area contributed by atoms with E-state index in [9.17, 15) is 0 Å². The molecule has 1 aliphatic rings. The Balaban J connectivity index is 1.97. The van der Waals surface area contributed by atoms with Crippen LogP contribution in [0.4, 0.5) is 0 Å². The minimum atomic E-state index is -0.0842. The van der Waals surface area contributed by atoms with Gasteiger partial charge in [-0.3, -0.25) is 0 Å². The van der Waals surface area contributed by atoms with Crippen molar-refractivity contribution in [2.24, 2.45) is 0 Å². The van der Waals surface area contributed by atoms with Crippen molar-refractivity contribution < 1.29 is 4.74 Å². The van der Waals surface area contributed by atoms with E-state index in [0.29, 0.717) is 0 Å². The lowest BCUT2D eigenvalue weighted by molar-refractivity contribution is 0.357. The molecule has 3 rings (SSSR count). The third-order valence-electron chi connectivity index (χ3n) is 2.72. The molecule has 2 heterocycles. The summed E-state index contributed by atoms with van der Waals surface area (Å²) in [5.41, 5.74) is 2.34. The molecule has 2 aromatic rings. The highest BCUT2D eigenvalue weighted by Gasteiger charge is 2.15. The van der Waals surface area contributed by atoms with Gasteiger partial charge in [-0.1, -0.05) is 11.3 Å². The second kappa shape index (κ2) is 4.27.